The quantitative estimate of drug-likeness (QED) is 0.185. The number of ether oxygens (including phenoxy) is 1. The van der Waals surface area contributed by atoms with E-state index in [4.69, 9.17) is 14.9 Å². The van der Waals surface area contributed by atoms with Gasteiger partial charge in [0.15, 0.2) is 0 Å². The highest BCUT2D eigenvalue weighted by Crippen LogP contribution is 2.44. The molecule has 228 valence electrons. The fourth-order valence-electron chi connectivity index (χ4n) is 5.53. The molecule has 3 atom stereocenters. The van der Waals surface area contributed by atoms with E-state index in [0.29, 0.717) is 5.75 Å². The molecule has 2 rings (SSSR count). The minimum absolute atomic E-state index is 0.0712. The fraction of sp³-hybridized carbons (Fsp3) is 0.706. The maximum absolute atomic E-state index is 10.4. The summed E-state index contributed by atoms with van der Waals surface area (Å²) in [5, 5.41) is 26.5. The summed E-state index contributed by atoms with van der Waals surface area (Å²) in [5.41, 5.74) is 3.93. The van der Waals surface area contributed by atoms with E-state index in [1.165, 1.54) is 56.9 Å². The van der Waals surface area contributed by atoms with Gasteiger partial charge in [-0.05, 0) is 87.8 Å². The Bertz CT molecular complexity index is 995. The Hall–Kier alpha value is -2.50. The third kappa shape index (κ3) is 11.9. The Kier molecular flexibility index (Phi) is 14.8. The Morgan fingerprint density at radius 3 is 1.88 bits per heavy atom. The molecule has 0 radical (unpaired) electrons. The summed E-state index contributed by atoms with van der Waals surface area (Å²) in [5.74, 6) is 1.59. The molecule has 3 N–H and O–H groups in total. The van der Waals surface area contributed by atoms with E-state index in [1.807, 2.05) is 13.8 Å². The van der Waals surface area contributed by atoms with Gasteiger partial charge in [0.2, 0.25) is 0 Å². The number of hydrogen-bond acceptors (Lipinski definition) is 4. The lowest BCUT2D eigenvalue weighted by atomic mass is 9.84. The van der Waals surface area contributed by atoms with Crippen LogP contribution in [0.15, 0.2) is 12.2 Å². The van der Waals surface area contributed by atoms with Crippen LogP contribution in [0.5, 0.6) is 11.5 Å². The highest BCUT2D eigenvalue weighted by atomic mass is 16.5. The highest BCUT2D eigenvalue weighted by molar-refractivity contribution is 5.91. The van der Waals surface area contributed by atoms with Crippen molar-refractivity contribution in [1.29, 1.82) is 0 Å². The molecule has 0 spiro atoms. The molecule has 1 aliphatic rings. The zero-order valence-electron chi connectivity index (χ0n) is 26.5. The maximum Gasteiger partial charge on any atom is 0.331 e. The number of phenols is 1. The topological polar surface area (TPSA) is 104 Å². The van der Waals surface area contributed by atoms with Crippen LogP contribution in [0.25, 0.3) is 0 Å². The fourth-order valence-corrected chi connectivity index (χ4v) is 5.53. The zero-order chi connectivity index (χ0) is 30.6. The van der Waals surface area contributed by atoms with Crippen LogP contribution in [0.3, 0.4) is 0 Å². The lowest BCUT2D eigenvalue weighted by Crippen LogP contribution is -2.37. The Morgan fingerprint density at radius 1 is 0.875 bits per heavy atom. The van der Waals surface area contributed by atoms with Gasteiger partial charge >= 0.3 is 11.9 Å². The van der Waals surface area contributed by atoms with Crippen molar-refractivity contribution >= 4 is 11.9 Å². The van der Waals surface area contributed by atoms with E-state index in [-0.39, 0.29) is 11.2 Å². The molecule has 6 nitrogen and oxygen atoms in total. The number of rotatable bonds is 15. The molecule has 1 aromatic rings. The Balaban J connectivity index is 0.000000763. The van der Waals surface area contributed by atoms with Gasteiger partial charge in [-0.3, -0.25) is 4.79 Å². The van der Waals surface area contributed by atoms with Gasteiger partial charge in [-0.15, -0.1) is 0 Å². The van der Waals surface area contributed by atoms with E-state index in [2.05, 4.69) is 48.1 Å². The molecule has 0 fully saturated rings. The smallest absolute Gasteiger partial charge is 0.331 e. The van der Waals surface area contributed by atoms with Crippen molar-refractivity contribution in [2.75, 3.05) is 0 Å². The molecular weight excluding hydrogens is 504 g/mol. The second-order valence-corrected chi connectivity index (χ2v) is 12.9. The predicted octanol–water partition coefficient (Wildman–Crippen LogP) is 8.94. The average molecular weight is 561 g/mol. The number of carbonyl (C=O) groups is 2. The summed E-state index contributed by atoms with van der Waals surface area (Å²) in [7, 11) is 0. The van der Waals surface area contributed by atoms with Gasteiger partial charge in [-0.25, -0.2) is 4.79 Å². The third-order valence-electron chi connectivity index (χ3n) is 8.53. The van der Waals surface area contributed by atoms with Crippen molar-refractivity contribution in [3.05, 3.63) is 34.4 Å². The van der Waals surface area contributed by atoms with Crippen molar-refractivity contribution in [3.63, 3.8) is 0 Å². The first-order valence-corrected chi connectivity index (χ1v) is 15.2. The predicted molar refractivity (Wildman–Crippen MR) is 163 cm³/mol. The van der Waals surface area contributed by atoms with Gasteiger partial charge in [0.25, 0.3) is 0 Å². The number of carboxylic acid groups (broad SMARTS) is 2. The number of benzene rings is 1. The number of carboxylic acids is 2. The van der Waals surface area contributed by atoms with Crippen molar-refractivity contribution in [3.8, 4) is 11.5 Å². The largest absolute Gasteiger partial charge is 0.507 e. The summed E-state index contributed by atoms with van der Waals surface area (Å²) in [6, 6.07) is 0. The number of hydrogen-bond donors (Lipinski definition) is 3. The summed E-state index contributed by atoms with van der Waals surface area (Å²) >= 11 is 0. The normalized spacial score (nSPS) is 17.7. The number of fused-ring (bicyclic) bond motifs is 1. The Labute approximate surface area is 243 Å². The molecule has 1 heterocycles. The molecule has 1 aliphatic heterocycles. The molecule has 6 heteroatoms. The van der Waals surface area contributed by atoms with E-state index >= 15 is 0 Å². The third-order valence-corrected chi connectivity index (χ3v) is 8.53. The van der Waals surface area contributed by atoms with Gasteiger partial charge in [0.05, 0.1) is 6.42 Å². The molecular formula is C34H56O6. The van der Waals surface area contributed by atoms with Crippen LogP contribution in [0, 0.1) is 38.5 Å². The average Bonchev–Trinajstić information content (AvgIpc) is 2.85. The zero-order valence-corrected chi connectivity index (χ0v) is 26.5. The van der Waals surface area contributed by atoms with E-state index in [0.717, 1.165) is 59.5 Å². The molecule has 0 bridgehead atoms. The van der Waals surface area contributed by atoms with Crippen molar-refractivity contribution in [2.24, 2.45) is 17.8 Å². The van der Waals surface area contributed by atoms with Crippen LogP contribution in [0.4, 0.5) is 0 Å². The van der Waals surface area contributed by atoms with Crippen molar-refractivity contribution in [1.82, 2.24) is 0 Å². The minimum atomic E-state index is -1.27. The molecule has 0 amide bonds. The molecule has 0 aromatic heterocycles. The first kappa shape index (κ1) is 35.5. The van der Waals surface area contributed by atoms with Gasteiger partial charge in [-0.2, -0.15) is 0 Å². The van der Waals surface area contributed by atoms with Crippen LogP contribution in [0.2, 0.25) is 0 Å². The van der Waals surface area contributed by atoms with Gasteiger partial charge in [0, 0.05) is 11.1 Å². The van der Waals surface area contributed by atoms with Crippen LogP contribution >= 0.6 is 0 Å². The first-order chi connectivity index (χ1) is 18.6. The second-order valence-electron chi connectivity index (χ2n) is 12.9. The second kappa shape index (κ2) is 16.7. The minimum Gasteiger partial charge on any atom is -0.507 e. The van der Waals surface area contributed by atoms with Gasteiger partial charge < -0.3 is 20.1 Å². The maximum atomic E-state index is 10.4. The molecule has 0 saturated carbocycles. The van der Waals surface area contributed by atoms with Gasteiger partial charge in [-0.1, -0.05) is 79.2 Å². The monoisotopic (exact) mass is 560 g/mol. The van der Waals surface area contributed by atoms with E-state index < -0.39 is 18.4 Å². The summed E-state index contributed by atoms with van der Waals surface area (Å²) in [4.78, 5) is 19.7. The SMILES string of the molecule is C=C(CC(=O)O)C(=O)O.Cc1c(C)c2c(c(C)c1O)CC[C@@](C)(CCC[C@H](C)CCC[C@H](C)CCCC(C)C)O2. The van der Waals surface area contributed by atoms with Crippen LogP contribution in [-0.4, -0.2) is 32.9 Å². The van der Waals surface area contributed by atoms with Crippen LogP contribution < -0.4 is 4.74 Å². The highest BCUT2D eigenvalue weighted by Gasteiger charge is 2.34. The summed E-state index contributed by atoms with van der Waals surface area (Å²) in [6.45, 7) is 21.0. The lowest BCUT2D eigenvalue weighted by Gasteiger charge is -2.38. The van der Waals surface area contributed by atoms with Crippen molar-refractivity contribution < 1.29 is 29.6 Å². The van der Waals surface area contributed by atoms with Crippen molar-refractivity contribution in [2.45, 2.75) is 138 Å². The summed E-state index contributed by atoms with van der Waals surface area (Å²) < 4.78 is 6.60. The number of aliphatic carboxylic acids is 2. The molecule has 0 unspecified atom stereocenters. The standard InChI is InChI=1S/C29H50O2.C5H6O4/c1-20(2)12-9-13-21(3)14-10-15-22(4)16-11-18-29(8)19-17-26-25(7)27(30)23(5)24(6)28(26)31-29;1-3(5(8)9)2-4(6)7/h20-22,30H,9-19H2,1-8H3;1-2H2,(H,6,7)(H,8,9)/t21-,22-,29-;/m1./s1. The number of aromatic hydroxyl groups is 1. The van der Waals surface area contributed by atoms with Crippen LogP contribution in [-0.2, 0) is 16.0 Å². The van der Waals surface area contributed by atoms with Gasteiger partial charge in [0.1, 0.15) is 17.1 Å². The first-order valence-electron chi connectivity index (χ1n) is 15.2. The molecule has 0 saturated heterocycles. The van der Waals surface area contributed by atoms with Crippen LogP contribution in [0.1, 0.15) is 128 Å². The lowest BCUT2D eigenvalue weighted by molar-refractivity contribution is -0.139. The summed E-state index contributed by atoms with van der Waals surface area (Å²) in [6.07, 6.45) is 13.5. The van der Waals surface area contributed by atoms with E-state index in [9.17, 15) is 14.7 Å². The molecule has 40 heavy (non-hydrogen) atoms. The number of phenolic OH excluding ortho intramolecular Hbond substituents is 1. The Morgan fingerprint density at radius 2 is 1.40 bits per heavy atom. The van der Waals surface area contributed by atoms with E-state index in [1.54, 1.807) is 0 Å². The molecule has 0 aliphatic carbocycles. The molecule has 1 aromatic carbocycles.